The Morgan fingerprint density at radius 1 is 1.07 bits per heavy atom. The Bertz CT molecular complexity index is 1620. The van der Waals surface area contributed by atoms with Gasteiger partial charge in [-0.15, -0.1) is 0 Å². The van der Waals surface area contributed by atoms with Gasteiger partial charge in [0.15, 0.2) is 0 Å². The zero-order chi connectivity index (χ0) is 29.9. The minimum absolute atomic E-state index is 0.222. The summed E-state index contributed by atoms with van der Waals surface area (Å²) in [6.07, 6.45) is 7.09. The lowest BCUT2D eigenvalue weighted by Crippen LogP contribution is -2.27. The Balaban J connectivity index is 1.33. The van der Waals surface area contributed by atoms with Crippen LogP contribution in [0.5, 0.6) is 5.88 Å². The molecule has 43 heavy (non-hydrogen) atoms. The molecule has 1 aliphatic carbocycles. The highest BCUT2D eigenvalue weighted by Gasteiger charge is 2.27. The Kier molecular flexibility index (Phi) is 8.52. The van der Waals surface area contributed by atoms with E-state index in [1.165, 1.54) is 52.5 Å². The molecule has 1 aromatic heterocycles. The van der Waals surface area contributed by atoms with Gasteiger partial charge in [0.1, 0.15) is 5.56 Å². The summed E-state index contributed by atoms with van der Waals surface area (Å²) in [5.41, 5.74) is 11.5. The van der Waals surface area contributed by atoms with Crippen molar-refractivity contribution in [2.75, 3.05) is 32.1 Å². The molecule has 0 bridgehead atoms. The number of nitrogens with one attached hydrogen (secondary N) is 2. The van der Waals surface area contributed by atoms with Crippen LogP contribution in [0, 0.1) is 6.92 Å². The lowest BCUT2D eigenvalue weighted by atomic mass is 9.86. The first-order chi connectivity index (χ1) is 21.0. The molecular formula is C36H42N4O3. The second-order valence-electron chi connectivity index (χ2n) is 11.6. The number of piperidine rings is 1. The lowest BCUT2D eigenvalue weighted by molar-refractivity contribution is 0.0522. The molecule has 2 N–H and O–H groups in total. The molecule has 0 spiro atoms. The number of benzene rings is 3. The van der Waals surface area contributed by atoms with E-state index in [1.54, 1.807) is 18.7 Å². The summed E-state index contributed by atoms with van der Waals surface area (Å²) >= 11 is 0. The number of methoxy groups -OCH3 is 1. The number of hydrogen-bond acceptors (Lipinski definition) is 6. The van der Waals surface area contributed by atoms with E-state index in [4.69, 9.17) is 9.47 Å². The van der Waals surface area contributed by atoms with Crippen molar-refractivity contribution in [3.63, 3.8) is 0 Å². The Morgan fingerprint density at radius 2 is 1.91 bits per heavy atom. The molecule has 6 rings (SSSR count). The third kappa shape index (κ3) is 5.66. The highest BCUT2D eigenvalue weighted by Crippen LogP contribution is 2.42. The van der Waals surface area contributed by atoms with Crippen molar-refractivity contribution in [2.24, 2.45) is 0 Å². The summed E-state index contributed by atoms with van der Waals surface area (Å²) in [4.78, 5) is 12.5. The highest BCUT2D eigenvalue weighted by atomic mass is 16.5. The van der Waals surface area contributed by atoms with Crippen LogP contribution in [0.25, 0.3) is 16.8 Å². The molecule has 2 heterocycles. The van der Waals surface area contributed by atoms with Crippen LogP contribution in [0.15, 0.2) is 60.8 Å². The lowest BCUT2D eigenvalue weighted by Gasteiger charge is -2.26. The van der Waals surface area contributed by atoms with Gasteiger partial charge in [0.2, 0.25) is 5.88 Å². The maximum Gasteiger partial charge on any atom is 0.345 e. The van der Waals surface area contributed by atoms with Crippen molar-refractivity contribution in [1.29, 1.82) is 0 Å². The van der Waals surface area contributed by atoms with Crippen molar-refractivity contribution in [2.45, 2.75) is 64.8 Å². The number of ether oxygens (including phenoxy) is 2. The zero-order valence-electron chi connectivity index (χ0n) is 25.7. The maximum absolute atomic E-state index is 12.5. The molecule has 1 aliphatic heterocycles. The van der Waals surface area contributed by atoms with Crippen molar-refractivity contribution in [1.82, 2.24) is 15.1 Å². The average molecular weight is 579 g/mol. The van der Waals surface area contributed by atoms with Crippen LogP contribution in [0.1, 0.15) is 83.2 Å². The van der Waals surface area contributed by atoms with Crippen LogP contribution in [0.3, 0.4) is 0 Å². The summed E-state index contributed by atoms with van der Waals surface area (Å²) in [5.74, 6) is 0.585. The normalized spacial score (nSPS) is 16.6. The summed E-state index contributed by atoms with van der Waals surface area (Å²) in [6.45, 7) is 8.61. The molecule has 7 nitrogen and oxygen atoms in total. The van der Waals surface area contributed by atoms with Crippen LogP contribution in [-0.2, 0) is 17.6 Å². The van der Waals surface area contributed by atoms with E-state index < -0.39 is 5.97 Å². The molecule has 1 atom stereocenters. The molecule has 1 saturated heterocycles. The molecule has 2 aliphatic rings. The standard InChI is InChI=1S/C36H42N4O3/c1-5-24-20-28(13-14-29(24)25-16-18-37-19-17-25)39-32-15-12-26-8-7-9-30(34(26)32)27-11-10-23(3)33(21-27)40-35(42-4)31(22-38-40)36(41)43-6-2/h7-11,13-14,20-22,25,32,37,39H,5-6,12,15-19H2,1-4H3. The number of hydrogen-bond donors (Lipinski definition) is 2. The van der Waals surface area contributed by atoms with E-state index in [1.807, 2.05) is 6.92 Å². The third-order valence-electron chi connectivity index (χ3n) is 9.05. The molecule has 3 aromatic carbocycles. The molecule has 4 aromatic rings. The van der Waals surface area contributed by atoms with Crippen molar-refractivity contribution in [3.8, 4) is 22.7 Å². The van der Waals surface area contributed by atoms with Gasteiger partial charge in [-0.05, 0) is 122 Å². The van der Waals surface area contributed by atoms with E-state index in [2.05, 4.69) is 77.3 Å². The van der Waals surface area contributed by atoms with Crippen LogP contribution in [-0.4, -0.2) is 42.6 Å². The summed E-state index contributed by atoms with van der Waals surface area (Å²) in [6, 6.07) is 20.3. The van der Waals surface area contributed by atoms with E-state index in [0.717, 1.165) is 49.2 Å². The number of rotatable bonds is 9. The fourth-order valence-electron chi connectivity index (χ4n) is 6.88. The third-order valence-corrected chi connectivity index (χ3v) is 9.05. The van der Waals surface area contributed by atoms with Gasteiger partial charge < -0.3 is 20.1 Å². The first-order valence-electron chi connectivity index (χ1n) is 15.6. The number of esters is 1. The van der Waals surface area contributed by atoms with E-state index in [0.29, 0.717) is 17.4 Å². The van der Waals surface area contributed by atoms with Gasteiger partial charge >= 0.3 is 5.97 Å². The van der Waals surface area contributed by atoms with E-state index in [9.17, 15) is 4.79 Å². The minimum Gasteiger partial charge on any atom is -0.480 e. The van der Waals surface area contributed by atoms with Crippen LogP contribution in [0.2, 0.25) is 0 Å². The first-order valence-corrected chi connectivity index (χ1v) is 15.6. The van der Waals surface area contributed by atoms with E-state index in [-0.39, 0.29) is 12.6 Å². The first kappa shape index (κ1) is 29.0. The average Bonchev–Trinajstić information content (AvgIpc) is 3.66. The second kappa shape index (κ2) is 12.6. The van der Waals surface area contributed by atoms with E-state index >= 15 is 0 Å². The fourth-order valence-corrected chi connectivity index (χ4v) is 6.88. The summed E-state index contributed by atoms with van der Waals surface area (Å²) in [7, 11) is 1.55. The largest absolute Gasteiger partial charge is 0.480 e. The second-order valence-corrected chi connectivity index (χ2v) is 11.6. The Labute approximate surface area is 254 Å². The minimum atomic E-state index is -0.441. The zero-order valence-corrected chi connectivity index (χ0v) is 25.7. The summed E-state index contributed by atoms with van der Waals surface area (Å²) < 4.78 is 12.6. The van der Waals surface area contributed by atoms with Gasteiger partial charge in [-0.2, -0.15) is 5.10 Å². The predicted octanol–water partition coefficient (Wildman–Crippen LogP) is 7.16. The van der Waals surface area contributed by atoms with Crippen LogP contribution in [0.4, 0.5) is 5.69 Å². The van der Waals surface area contributed by atoms with Gasteiger partial charge in [0.25, 0.3) is 0 Å². The number of carbonyl (C=O) groups excluding carboxylic acids is 1. The molecule has 0 amide bonds. The van der Waals surface area contributed by atoms with Gasteiger partial charge in [-0.1, -0.05) is 43.3 Å². The molecule has 224 valence electrons. The Morgan fingerprint density at radius 3 is 2.67 bits per heavy atom. The van der Waals surface area contributed by atoms with Crippen molar-refractivity contribution in [3.05, 3.63) is 94.2 Å². The van der Waals surface area contributed by atoms with Gasteiger partial charge in [-0.25, -0.2) is 9.48 Å². The molecule has 7 heteroatoms. The Hall–Kier alpha value is -4.10. The molecule has 0 saturated carbocycles. The van der Waals surface area contributed by atoms with Crippen molar-refractivity contribution >= 4 is 11.7 Å². The fraction of sp³-hybridized carbons (Fsp3) is 0.389. The molecule has 1 unspecified atom stereocenters. The smallest absolute Gasteiger partial charge is 0.345 e. The van der Waals surface area contributed by atoms with Gasteiger partial charge in [-0.3, -0.25) is 0 Å². The van der Waals surface area contributed by atoms with Gasteiger partial charge in [0.05, 0.1) is 31.6 Å². The predicted molar refractivity (Wildman–Crippen MR) is 172 cm³/mol. The summed E-state index contributed by atoms with van der Waals surface area (Å²) in [5, 5.41) is 11.9. The monoisotopic (exact) mass is 578 g/mol. The maximum atomic E-state index is 12.5. The topological polar surface area (TPSA) is 77.4 Å². The number of anilines is 1. The number of carbonyl (C=O) groups is 1. The molecule has 1 fully saturated rings. The molecular weight excluding hydrogens is 536 g/mol. The SMILES string of the molecule is CCOC(=O)c1cnn(-c2cc(-c3cccc4c3C(Nc3ccc(C5CCNCC5)c(CC)c3)CC4)ccc2C)c1OC. The number of fused-ring (bicyclic) bond motifs is 1. The van der Waals surface area contributed by atoms with Crippen LogP contribution >= 0.6 is 0 Å². The number of aryl methyl sites for hydroxylation is 3. The highest BCUT2D eigenvalue weighted by molar-refractivity contribution is 5.92. The van der Waals surface area contributed by atoms with Crippen LogP contribution < -0.4 is 15.4 Å². The van der Waals surface area contributed by atoms with Crippen molar-refractivity contribution < 1.29 is 14.3 Å². The number of nitrogens with zero attached hydrogens (tertiary/aromatic N) is 2. The number of aromatic nitrogens is 2. The van der Waals surface area contributed by atoms with Gasteiger partial charge in [0, 0.05) is 5.69 Å². The quantitative estimate of drug-likeness (QED) is 0.205. The molecule has 0 radical (unpaired) electrons.